The first-order valence-electron chi connectivity index (χ1n) is 6.85. The molecule has 2 N–H and O–H groups in total. The molecule has 0 atom stereocenters. The fourth-order valence-corrected chi connectivity index (χ4v) is 1.91. The van der Waals surface area contributed by atoms with Crippen molar-refractivity contribution in [2.45, 2.75) is 34.1 Å². The van der Waals surface area contributed by atoms with E-state index in [0.717, 1.165) is 25.3 Å². The third-order valence-corrected chi connectivity index (χ3v) is 2.79. The number of nitrogens with zero attached hydrogens (tertiary/aromatic N) is 1. The maximum atomic E-state index is 5.93. The van der Waals surface area contributed by atoms with E-state index in [9.17, 15) is 0 Å². The quantitative estimate of drug-likeness (QED) is 0.752. The Morgan fingerprint density at radius 3 is 2.56 bits per heavy atom. The van der Waals surface area contributed by atoms with Crippen molar-refractivity contribution in [2.75, 3.05) is 30.3 Å². The highest BCUT2D eigenvalue weighted by Gasteiger charge is 2.09. The van der Waals surface area contributed by atoms with Crippen molar-refractivity contribution in [3.05, 3.63) is 18.2 Å². The average Bonchev–Trinajstić information content (AvgIpc) is 2.35. The second-order valence-corrected chi connectivity index (χ2v) is 5.00. The van der Waals surface area contributed by atoms with Crippen LogP contribution in [0.4, 0.5) is 11.4 Å². The zero-order valence-electron chi connectivity index (χ0n) is 12.1. The highest BCUT2D eigenvalue weighted by molar-refractivity contribution is 5.62. The van der Waals surface area contributed by atoms with Crippen LogP contribution in [0.1, 0.15) is 34.1 Å². The van der Waals surface area contributed by atoms with E-state index in [0.29, 0.717) is 18.2 Å². The fraction of sp³-hybridized carbons (Fsp3) is 0.600. The van der Waals surface area contributed by atoms with Crippen LogP contribution < -0.4 is 15.4 Å². The van der Waals surface area contributed by atoms with Crippen molar-refractivity contribution in [1.82, 2.24) is 0 Å². The van der Waals surface area contributed by atoms with E-state index >= 15 is 0 Å². The van der Waals surface area contributed by atoms with E-state index < -0.39 is 0 Å². The normalized spacial score (nSPS) is 10.7. The van der Waals surface area contributed by atoms with Gasteiger partial charge in [-0.2, -0.15) is 0 Å². The van der Waals surface area contributed by atoms with E-state index in [4.69, 9.17) is 10.5 Å². The van der Waals surface area contributed by atoms with Crippen molar-refractivity contribution in [3.63, 3.8) is 0 Å². The standard InChI is InChI=1S/C15H26N2O/c1-5-9-18-15-10-13(7-8-14(15)16)17(6-2)11-12(3)4/h7-8,10,12H,5-6,9,11,16H2,1-4H3. The number of nitrogens with two attached hydrogens (primary N) is 1. The second kappa shape index (κ2) is 7.14. The molecule has 18 heavy (non-hydrogen) atoms. The molecule has 0 aliphatic rings. The molecule has 1 aromatic rings. The van der Waals surface area contributed by atoms with Crippen LogP contribution in [-0.2, 0) is 0 Å². The fourth-order valence-electron chi connectivity index (χ4n) is 1.91. The van der Waals surface area contributed by atoms with Crippen LogP contribution in [0.25, 0.3) is 0 Å². The highest BCUT2D eigenvalue weighted by atomic mass is 16.5. The van der Waals surface area contributed by atoms with Gasteiger partial charge in [-0.05, 0) is 31.4 Å². The monoisotopic (exact) mass is 250 g/mol. The van der Waals surface area contributed by atoms with E-state index in [-0.39, 0.29) is 0 Å². The largest absolute Gasteiger partial charge is 0.491 e. The summed E-state index contributed by atoms with van der Waals surface area (Å²) in [6.45, 7) is 11.5. The van der Waals surface area contributed by atoms with Gasteiger partial charge in [-0.25, -0.2) is 0 Å². The summed E-state index contributed by atoms with van der Waals surface area (Å²) < 4.78 is 5.67. The SMILES string of the molecule is CCCOc1cc(N(CC)CC(C)C)ccc1N. The summed E-state index contributed by atoms with van der Waals surface area (Å²) in [4.78, 5) is 2.35. The molecule has 0 bridgehead atoms. The van der Waals surface area contributed by atoms with Gasteiger partial charge in [-0.3, -0.25) is 0 Å². The van der Waals surface area contributed by atoms with Crippen LogP contribution in [0.3, 0.4) is 0 Å². The van der Waals surface area contributed by atoms with Crippen LogP contribution in [-0.4, -0.2) is 19.7 Å². The molecule has 0 amide bonds. The number of hydrogen-bond acceptors (Lipinski definition) is 3. The Morgan fingerprint density at radius 2 is 2.00 bits per heavy atom. The molecule has 0 fully saturated rings. The summed E-state index contributed by atoms with van der Waals surface area (Å²) >= 11 is 0. The maximum absolute atomic E-state index is 5.93. The summed E-state index contributed by atoms with van der Waals surface area (Å²) in [5, 5.41) is 0. The molecule has 102 valence electrons. The van der Waals surface area contributed by atoms with Crippen LogP contribution in [0.15, 0.2) is 18.2 Å². The van der Waals surface area contributed by atoms with Gasteiger partial charge in [0, 0.05) is 24.8 Å². The topological polar surface area (TPSA) is 38.5 Å². The summed E-state index contributed by atoms with van der Waals surface area (Å²) in [5.74, 6) is 1.44. The summed E-state index contributed by atoms with van der Waals surface area (Å²) in [5.41, 5.74) is 7.83. The first-order valence-corrected chi connectivity index (χ1v) is 6.85. The molecule has 0 aliphatic carbocycles. The first-order chi connectivity index (χ1) is 8.58. The van der Waals surface area contributed by atoms with Gasteiger partial charge in [-0.1, -0.05) is 20.8 Å². The van der Waals surface area contributed by atoms with Crippen LogP contribution >= 0.6 is 0 Å². The molecule has 0 unspecified atom stereocenters. The lowest BCUT2D eigenvalue weighted by atomic mass is 10.1. The molecule has 0 radical (unpaired) electrons. The van der Waals surface area contributed by atoms with Crippen molar-refractivity contribution >= 4 is 11.4 Å². The first kappa shape index (κ1) is 14.7. The second-order valence-electron chi connectivity index (χ2n) is 5.00. The molecule has 0 aromatic heterocycles. The smallest absolute Gasteiger partial charge is 0.144 e. The van der Waals surface area contributed by atoms with Gasteiger partial charge in [0.15, 0.2) is 0 Å². The molecule has 3 nitrogen and oxygen atoms in total. The minimum atomic E-state index is 0.641. The molecule has 0 saturated carbocycles. The van der Waals surface area contributed by atoms with Crippen molar-refractivity contribution < 1.29 is 4.74 Å². The predicted molar refractivity (Wildman–Crippen MR) is 79.4 cm³/mol. The lowest BCUT2D eigenvalue weighted by Gasteiger charge is -2.26. The molecular formula is C15H26N2O. The lowest BCUT2D eigenvalue weighted by molar-refractivity contribution is 0.319. The number of rotatable bonds is 7. The van der Waals surface area contributed by atoms with E-state index in [1.807, 2.05) is 6.07 Å². The van der Waals surface area contributed by atoms with Gasteiger partial charge in [0.05, 0.1) is 12.3 Å². The van der Waals surface area contributed by atoms with E-state index in [1.54, 1.807) is 0 Å². The number of anilines is 2. The van der Waals surface area contributed by atoms with Crippen LogP contribution in [0.5, 0.6) is 5.75 Å². The molecule has 0 heterocycles. The number of hydrogen-bond donors (Lipinski definition) is 1. The van der Waals surface area contributed by atoms with Gasteiger partial charge in [0.1, 0.15) is 5.75 Å². The van der Waals surface area contributed by atoms with Gasteiger partial charge in [-0.15, -0.1) is 0 Å². The molecule has 0 saturated heterocycles. The van der Waals surface area contributed by atoms with E-state index in [1.165, 1.54) is 5.69 Å². The number of benzene rings is 1. The lowest BCUT2D eigenvalue weighted by Crippen LogP contribution is -2.27. The van der Waals surface area contributed by atoms with Crippen LogP contribution in [0, 0.1) is 5.92 Å². The zero-order valence-corrected chi connectivity index (χ0v) is 12.1. The van der Waals surface area contributed by atoms with Crippen LogP contribution in [0.2, 0.25) is 0 Å². The summed E-state index contributed by atoms with van der Waals surface area (Å²) in [6.07, 6.45) is 0.993. The summed E-state index contributed by atoms with van der Waals surface area (Å²) in [6, 6.07) is 6.06. The highest BCUT2D eigenvalue weighted by Crippen LogP contribution is 2.28. The summed E-state index contributed by atoms with van der Waals surface area (Å²) in [7, 11) is 0. The molecular weight excluding hydrogens is 224 g/mol. The van der Waals surface area contributed by atoms with Gasteiger partial charge in [0.2, 0.25) is 0 Å². The third kappa shape index (κ3) is 4.13. The van der Waals surface area contributed by atoms with Gasteiger partial charge < -0.3 is 15.4 Å². The third-order valence-electron chi connectivity index (χ3n) is 2.79. The van der Waals surface area contributed by atoms with Gasteiger partial charge >= 0.3 is 0 Å². The van der Waals surface area contributed by atoms with Crippen molar-refractivity contribution in [1.29, 1.82) is 0 Å². The Labute approximate surface area is 111 Å². The molecule has 1 aromatic carbocycles. The predicted octanol–water partition coefficient (Wildman–Crippen LogP) is 3.54. The zero-order chi connectivity index (χ0) is 13.5. The molecule has 1 rings (SSSR count). The number of ether oxygens (including phenoxy) is 1. The molecule has 0 aliphatic heterocycles. The Hall–Kier alpha value is -1.38. The Balaban J connectivity index is 2.87. The van der Waals surface area contributed by atoms with Crippen molar-refractivity contribution in [3.8, 4) is 5.75 Å². The minimum absolute atomic E-state index is 0.641. The van der Waals surface area contributed by atoms with Gasteiger partial charge in [0.25, 0.3) is 0 Å². The Bertz CT molecular complexity index is 364. The Kier molecular flexibility index (Phi) is 5.83. The average molecular weight is 250 g/mol. The molecule has 3 heteroatoms. The van der Waals surface area contributed by atoms with E-state index in [2.05, 4.69) is 44.7 Å². The minimum Gasteiger partial charge on any atom is -0.491 e. The van der Waals surface area contributed by atoms with Crippen molar-refractivity contribution in [2.24, 2.45) is 5.92 Å². The molecule has 0 spiro atoms. The Morgan fingerprint density at radius 1 is 1.28 bits per heavy atom. The number of nitrogen functional groups attached to an aromatic ring is 1. The maximum Gasteiger partial charge on any atom is 0.144 e.